The standard InChI is InChI=1S/C15H16N8O/c1-8-10-6-16-18-13(10)5-4-12(8)17-14(24)11-7-23-15(19-20-21-23)22(3)9(11)2/h4-6H,7H2,1-3H3,(H,16,18)(H,17,24). The van der Waals surface area contributed by atoms with Crippen LogP contribution in [0.2, 0.25) is 0 Å². The van der Waals surface area contributed by atoms with Gasteiger partial charge >= 0.3 is 0 Å². The molecule has 4 rings (SSSR count). The Labute approximate surface area is 137 Å². The third-order valence-electron chi connectivity index (χ3n) is 4.48. The van der Waals surface area contributed by atoms with Crippen molar-refractivity contribution in [2.75, 3.05) is 17.3 Å². The van der Waals surface area contributed by atoms with Gasteiger partial charge in [0, 0.05) is 23.8 Å². The smallest absolute Gasteiger partial charge is 0.255 e. The van der Waals surface area contributed by atoms with Crippen LogP contribution in [0.5, 0.6) is 0 Å². The van der Waals surface area contributed by atoms with Crippen molar-refractivity contribution in [2.24, 2.45) is 0 Å². The lowest BCUT2D eigenvalue weighted by atomic mass is 10.1. The number of carbonyl (C=O) groups excluding carboxylic acids is 1. The molecule has 1 aliphatic rings. The van der Waals surface area contributed by atoms with Gasteiger partial charge in [0.2, 0.25) is 5.95 Å². The molecule has 0 spiro atoms. The number of amides is 1. The average molecular weight is 324 g/mol. The van der Waals surface area contributed by atoms with Crippen LogP contribution in [0.1, 0.15) is 12.5 Å². The van der Waals surface area contributed by atoms with Crippen molar-refractivity contribution >= 4 is 28.4 Å². The van der Waals surface area contributed by atoms with Crippen molar-refractivity contribution in [1.82, 2.24) is 30.4 Å². The Morgan fingerprint density at radius 2 is 2.17 bits per heavy atom. The van der Waals surface area contributed by atoms with E-state index in [0.717, 1.165) is 27.9 Å². The molecule has 0 fully saturated rings. The van der Waals surface area contributed by atoms with Gasteiger partial charge in [-0.2, -0.15) is 5.10 Å². The van der Waals surface area contributed by atoms with E-state index in [-0.39, 0.29) is 5.91 Å². The normalized spacial score (nSPS) is 14.2. The predicted octanol–water partition coefficient (Wildman–Crippen LogP) is 1.22. The Kier molecular flexibility index (Phi) is 3.08. The number of allylic oxidation sites excluding steroid dienone is 1. The number of hydrogen-bond acceptors (Lipinski definition) is 6. The monoisotopic (exact) mass is 324 g/mol. The van der Waals surface area contributed by atoms with Gasteiger partial charge in [0.15, 0.2) is 0 Å². The quantitative estimate of drug-likeness (QED) is 0.734. The maximum atomic E-state index is 12.8. The van der Waals surface area contributed by atoms with Gasteiger partial charge in [-0.25, -0.2) is 4.68 Å². The van der Waals surface area contributed by atoms with Crippen LogP contribution in [0.15, 0.2) is 29.6 Å². The van der Waals surface area contributed by atoms with E-state index in [0.29, 0.717) is 18.1 Å². The first-order valence-electron chi connectivity index (χ1n) is 7.50. The van der Waals surface area contributed by atoms with Gasteiger partial charge in [-0.05, 0) is 42.0 Å². The molecular weight excluding hydrogens is 308 g/mol. The molecule has 0 aliphatic carbocycles. The van der Waals surface area contributed by atoms with Gasteiger partial charge in [-0.15, -0.1) is 0 Å². The van der Waals surface area contributed by atoms with E-state index in [1.807, 2.05) is 37.9 Å². The molecule has 3 aromatic rings. The number of hydrogen-bond donors (Lipinski definition) is 2. The Morgan fingerprint density at radius 1 is 1.33 bits per heavy atom. The highest BCUT2D eigenvalue weighted by Crippen LogP contribution is 2.27. The number of aromatic amines is 1. The Morgan fingerprint density at radius 3 is 3.00 bits per heavy atom. The summed E-state index contributed by atoms with van der Waals surface area (Å²) in [5.74, 6) is 0.464. The Bertz CT molecular complexity index is 982. The molecule has 0 atom stereocenters. The summed E-state index contributed by atoms with van der Waals surface area (Å²) in [6.07, 6.45) is 1.76. The van der Waals surface area contributed by atoms with Crippen molar-refractivity contribution in [1.29, 1.82) is 0 Å². The summed E-state index contributed by atoms with van der Waals surface area (Å²) in [6.45, 7) is 4.19. The SMILES string of the molecule is CC1=C(C(=O)Nc2ccc3[nH]ncc3c2C)Cn2nnnc2N1C. The number of benzene rings is 1. The zero-order valence-corrected chi connectivity index (χ0v) is 13.5. The molecule has 2 N–H and O–H groups in total. The van der Waals surface area contributed by atoms with Crippen LogP contribution >= 0.6 is 0 Å². The fraction of sp³-hybridized carbons (Fsp3) is 0.267. The lowest BCUT2D eigenvalue weighted by molar-refractivity contribution is -0.113. The average Bonchev–Trinajstić information content (AvgIpc) is 3.22. The fourth-order valence-corrected chi connectivity index (χ4v) is 2.89. The molecule has 3 heterocycles. The highest BCUT2D eigenvalue weighted by Gasteiger charge is 2.26. The zero-order valence-electron chi connectivity index (χ0n) is 13.5. The van der Waals surface area contributed by atoms with Crippen molar-refractivity contribution in [2.45, 2.75) is 20.4 Å². The summed E-state index contributed by atoms with van der Waals surface area (Å²) in [4.78, 5) is 14.6. The van der Waals surface area contributed by atoms with Crippen molar-refractivity contribution in [3.8, 4) is 0 Å². The number of aromatic nitrogens is 6. The lowest BCUT2D eigenvalue weighted by Gasteiger charge is -2.26. The second kappa shape index (κ2) is 5.15. The van der Waals surface area contributed by atoms with Crippen LogP contribution < -0.4 is 10.2 Å². The molecule has 2 aromatic heterocycles. The van der Waals surface area contributed by atoms with Gasteiger partial charge in [0.1, 0.15) is 0 Å². The second-order valence-electron chi connectivity index (χ2n) is 5.78. The van der Waals surface area contributed by atoms with E-state index < -0.39 is 0 Å². The number of rotatable bonds is 2. The summed E-state index contributed by atoms with van der Waals surface area (Å²) < 4.78 is 1.61. The van der Waals surface area contributed by atoms with Gasteiger partial charge in [-0.3, -0.25) is 9.89 Å². The largest absolute Gasteiger partial charge is 0.322 e. The summed E-state index contributed by atoms with van der Waals surface area (Å²) in [5, 5.41) is 22.5. The number of aryl methyl sites for hydroxylation is 1. The molecule has 9 nitrogen and oxygen atoms in total. The van der Waals surface area contributed by atoms with Gasteiger partial charge < -0.3 is 10.2 Å². The van der Waals surface area contributed by atoms with E-state index in [1.54, 1.807) is 10.9 Å². The molecule has 1 aromatic carbocycles. The van der Waals surface area contributed by atoms with Crippen LogP contribution in [0.3, 0.4) is 0 Å². The number of carbonyl (C=O) groups is 1. The third-order valence-corrected chi connectivity index (χ3v) is 4.48. The molecule has 0 radical (unpaired) electrons. The van der Waals surface area contributed by atoms with E-state index in [1.165, 1.54) is 0 Å². The first-order valence-corrected chi connectivity index (χ1v) is 7.50. The van der Waals surface area contributed by atoms with E-state index in [4.69, 9.17) is 0 Å². The summed E-state index contributed by atoms with van der Waals surface area (Å²) in [6, 6.07) is 3.78. The molecule has 0 saturated carbocycles. The van der Waals surface area contributed by atoms with Crippen LogP contribution in [-0.2, 0) is 11.3 Å². The Balaban J connectivity index is 1.66. The molecule has 0 unspecified atom stereocenters. The first-order chi connectivity index (χ1) is 11.6. The minimum Gasteiger partial charge on any atom is -0.322 e. The van der Waals surface area contributed by atoms with Crippen molar-refractivity contribution in [3.63, 3.8) is 0 Å². The Hall–Kier alpha value is -3.23. The van der Waals surface area contributed by atoms with Crippen LogP contribution in [0, 0.1) is 6.92 Å². The van der Waals surface area contributed by atoms with Crippen molar-refractivity contribution in [3.05, 3.63) is 35.2 Å². The maximum Gasteiger partial charge on any atom is 0.255 e. The van der Waals surface area contributed by atoms with Crippen LogP contribution in [0.25, 0.3) is 10.9 Å². The first kappa shape index (κ1) is 14.4. The maximum absolute atomic E-state index is 12.8. The van der Waals surface area contributed by atoms with Gasteiger partial charge in [-0.1, -0.05) is 5.10 Å². The second-order valence-corrected chi connectivity index (χ2v) is 5.78. The van der Waals surface area contributed by atoms with Crippen molar-refractivity contribution < 1.29 is 4.79 Å². The van der Waals surface area contributed by atoms with E-state index in [9.17, 15) is 4.79 Å². The lowest BCUT2D eigenvalue weighted by Crippen LogP contribution is -2.32. The highest BCUT2D eigenvalue weighted by molar-refractivity contribution is 6.06. The number of fused-ring (bicyclic) bond motifs is 2. The summed E-state index contributed by atoms with van der Waals surface area (Å²) in [5.41, 5.74) is 4.14. The summed E-state index contributed by atoms with van der Waals surface area (Å²) in [7, 11) is 1.84. The number of H-pyrrole nitrogens is 1. The molecule has 1 aliphatic heterocycles. The number of anilines is 2. The van der Waals surface area contributed by atoms with Crippen LogP contribution in [0.4, 0.5) is 11.6 Å². The van der Waals surface area contributed by atoms with E-state index >= 15 is 0 Å². The molecule has 0 bridgehead atoms. The van der Waals surface area contributed by atoms with E-state index in [2.05, 4.69) is 31.0 Å². The third kappa shape index (κ3) is 2.05. The number of nitrogens with one attached hydrogen (secondary N) is 2. The zero-order chi connectivity index (χ0) is 16.8. The summed E-state index contributed by atoms with van der Waals surface area (Å²) >= 11 is 0. The minimum atomic E-state index is -0.161. The van der Waals surface area contributed by atoms with Gasteiger partial charge in [0.05, 0.1) is 23.8 Å². The predicted molar refractivity (Wildman–Crippen MR) is 88.4 cm³/mol. The fourth-order valence-electron chi connectivity index (χ4n) is 2.89. The molecule has 122 valence electrons. The molecule has 1 amide bonds. The molecular formula is C15H16N8O. The highest BCUT2D eigenvalue weighted by atomic mass is 16.1. The molecule has 0 saturated heterocycles. The number of nitrogens with zero attached hydrogens (tertiary/aromatic N) is 6. The number of tetrazole rings is 1. The minimum absolute atomic E-state index is 0.161. The topological polar surface area (TPSA) is 105 Å². The molecule has 9 heteroatoms. The van der Waals surface area contributed by atoms with Crippen LogP contribution in [-0.4, -0.2) is 43.4 Å². The molecule has 24 heavy (non-hydrogen) atoms. The van der Waals surface area contributed by atoms with Gasteiger partial charge in [0.25, 0.3) is 5.91 Å².